The van der Waals surface area contributed by atoms with Crippen LogP contribution in [0.5, 0.6) is 0 Å². The fourth-order valence-electron chi connectivity index (χ4n) is 0.831. The number of nitrogens with two attached hydrogens (primary N) is 1. The normalized spacial score (nSPS) is 10.3. The maximum Gasteiger partial charge on any atom is 0.354 e. The van der Waals surface area contributed by atoms with E-state index < -0.39 is 11.9 Å². The summed E-state index contributed by atoms with van der Waals surface area (Å²) in [5.41, 5.74) is 5.17. The van der Waals surface area contributed by atoms with E-state index in [2.05, 4.69) is 4.98 Å². The minimum atomic E-state index is -1.11. The zero-order valence-electron chi connectivity index (χ0n) is 7.18. The van der Waals surface area contributed by atoms with Gasteiger partial charge in [0.05, 0.1) is 5.69 Å². The lowest BCUT2D eigenvalue weighted by molar-refractivity contribution is -0.113. The lowest BCUT2D eigenvalue weighted by Gasteiger charge is -1.94. The number of carbonyl (C=O) groups is 2. The first kappa shape index (κ1) is 9.91. The molecule has 1 amide bonds. The summed E-state index contributed by atoms with van der Waals surface area (Å²) in [6, 6.07) is 4.48. The number of aromatic nitrogens is 1. The Labute approximate surface area is 79.9 Å². The maximum absolute atomic E-state index is 10.5. The molecule has 1 rings (SSSR count). The molecule has 0 fully saturated rings. The number of hydrogen-bond acceptors (Lipinski definition) is 3. The van der Waals surface area contributed by atoms with Crippen LogP contribution in [-0.4, -0.2) is 22.0 Å². The minimum absolute atomic E-state index is 0.0726. The van der Waals surface area contributed by atoms with Gasteiger partial charge in [-0.1, -0.05) is 6.07 Å². The van der Waals surface area contributed by atoms with Crippen LogP contribution >= 0.6 is 0 Å². The molecule has 1 aromatic rings. The summed E-state index contributed by atoms with van der Waals surface area (Å²) in [5, 5.41) is 8.61. The van der Waals surface area contributed by atoms with Crippen LogP contribution in [0.1, 0.15) is 16.2 Å². The largest absolute Gasteiger partial charge is 0.477 e. The van der Waals surface area contributed by atoms with Gasteiger partial charge in [-0.2, -0.15) is 0 Å². The van der Waals surface area contributed by atoms with Crippen LogP contribution in [0.2, 0.25) is 0 Å². The van der Waals surface area contributed by atoms with Crippen LogP contribution in [0.4, 0.5) is 0 Å². The molecule has 0 radical (unpaired) electrons. The second-order valence-corrected chi connectivity index (χ2v) is 2.49. The molecule has 0 unspecified atom stereocenters. The summed E-state index contributed by atoms with van der Waals surface area (Å²) in [4.78, 5) is 24.6. The van der Waals surface area contributed by atoms with Gasteiger partial charge in [0.2, 0.25) is 5.91 Å². The van der Waals surface area contributed by atoms with Gasteiger partial charge in [-0.05, 0) is 18.2 Å². The number of amides is 1. The molecule has 3 N–H and O–H groups in total. The lowest BCUT2D eigenvalue weighted by Crippen LogP contribution is -2.05. The molecule has 1 aromatic heterocycles. The van der Waals surface area contributed by atoms with Crippen molar-refractivity contribution in [2.24, 2.45) is 5.73 Å². The summed E-state index contributed by atoms with van der Waals surface area (Å²) in [7, 11) is 0. The van der Waals surface area contributed by atoms with Crippen LogP contribution in [0.3, 0.4) is 0 Å². The van der Waals surface area contributed by atoms with E-state index in [-0.39, 0.29) is 5.69 Å². The van der Waals surface area contributed by atoms with Crippen molar-refractivity contribution in [2.75, 3.05) is 0 Å². The minimum Gasteiger partial charge on any atom is -0.477 e. The highest BCUT2D eigenvalue weighted by atomic mass is 16.4. The number of primary amides is 1. The van der Waals surface area contributed by atoms with Gasteiger partial charge in [0.25, 0.3) is 0 Å². The third-order valence-corrected chi connectivity index (χ3v) is 1.41. The molecule has 0 saturated heterocycles. The van der Waals surface area contributed by atoms with Crippen molar-refractivity contribution in [2.45, 2.75) is 0 Å². The second-order valence-electron chi connectivity index (χ2n) is 2.49. The molecule has 0 bridgehead atoms. The summed E-state index contributed by atoms with van der Waals surface area (Å²) >= 11 is 0. The molecule has 72 valence electrons. The highest BCUT2D eigenvalue weighted by molar-refractivity contribution is 5.90. The maximum atomic E-state index is 10.5. The number of hydrogen-bond donors (Lipinski definition) is 2. The average molecular weight is 192 g/mol. The van der Waals surface area contributed by atoms with E-state index in [4.69, 9.17) is 10.8 Å². The zero-order chi connectivity index (χ0) is 10.6. The van der Waals surface area contributed by atoms with Crippen LogP contribution in [-0.2, 0) is 4.79 Å². The van der Waals surface area contributed by atoms with Gasteiger partial charge in [0.1, 0.15) is 5.69 Å². The first-order valence-electron chi connectivity index (χ1n) is 3.77. The van der Waals surface area contributed by atoms with Gasteiger partial charge in [0, 0.05) is 6.08 Å². The Kier molecular flexibility index (Phi) is 2.96. The first-order valence-corrected chi connectivity index (χ1v) is 3.77. The Balaban J connectivity index is 2.94. The second kappa shape index (κ2) is 4.18. The van der Waals surface area contributed by atoms with E-state index in [1.807, 2.05) is 0 Å². The predicted molar refractivity (Wildman–Crippen MR) is 49.4 cm³/mol. The fourth-order valence-corrected chi connectivity index (χ4v) is 0.831. The zero-order valence-corrected chi connectivity index (χ0v) is 7.18. The van der Waals surface area contributed by atoms with Crippen LogP contribution in [0, 0.1) is 0 Å². The van der Waals surface area contributed by atoms with Crippen LogP contribution in [0.15, 0.2) is 24.3 Å². The molecule has 14 heavy (non-hydrogen) atoms. The standard InChI is InChI=1S/C9H8N2O3/c10-8(12)5-4-6-2-1-3-7(11-6)9(13)14/h1-5H,(H2,10,12)(H,13,14). The van der Waals surface area contributed by atoms with Gasteiger partial charge < -0.3 is 10.8 Å². The summed E-state index contributed by atoms with van der Waals surface area (Å²) < 4.78 is 0. The van der Waals surface area contributed by atoms with E-state index >= 15 is 0 Å². The lowest BCUT2D eigenvalue weighted by atomic mass is 10.3. The fraction of sp³-hybridized carbons (Fsp3) is 0. The Bertz CT molecular complexity index is 399. The summed E-state index contributed by atoms with van der Waals surface area (Å²) in [5.74, 6) is -1.72. The SMILES string of the molecule is NC(=O)C=Cc1cccc(C(=O)O)n1. The number of carboxylic acid groups (broad SMARTS) is 1. The molecule has 0 atom stereocenters. The molecule has 0 spiro atoms. The van der Waals surface area contributed by atoms with Gasteiger partial charge >= 0.3 is 5.97 Å². The number of aromatic carboxylic acids is 1. The quantitative estimate of drug-likeness (QED) is 0.672. The number of carboxylic acids is 1. The molecule has 0 aliphatic carbocycles. The average Bonchev–Trinajstić information content (AvgIpc) is 2.15. The van der Waals surface area contributed by atoms with E-state index in [1.54, 1.807) is 6.07 Å². The van der Waals surface area contributed by atoms with Crippen molar-refractivity contribution in [3.05, 3.63) is 35.7 Å². The van der Waals surface area contributed by atoms with Crippen LogP contribution < -0.4 is 5.73 Å². The highest BCUT2D eigenvalue weighted by Gasteiger charge is 2.02. The molecular formula is C9H8N2O3. The number of rotatable bonds is 3. The van der Waals surface area contributed by atoms with Crippen LogP contribution in [0.25, 0.3) is 6.08 Å². The Morgan fingerprint density at radius 3 is 2.71 bits per heavy atom. The first-order chi connectivity index (χ1) is 6.59. The Hall–Kier alpha value is -2.17. The van der Waals surface area contributed by atoms with E-state index in [9.17, 15) is 9.59 Å². The van der Waals surface area contributed by atoms with E-state index in [0.29, 0.717) is 5.69 Å². The number of pyridine rings is 1. The third kappa shape index (κ3) is 2.71. The monoisotopic (exact) mass is 192 g/mol. The topological polar surface area (TPSA) is 93.3 Å². The molecule has 1 heterocycles. The van der Waals surface area contributed by atoms with Gasteiger partial charge in [-0.3, -0.25) is 4.79 Å². The predicted octanol–water partition coefficient (Wildman–Crippen LogP) is 0.278. The molecule has 0 aliphatic rings. The van der Waals surface area contributed by atoms with Gasteiger partial charge in [-0.25, -0.2) is 9.78 Å². The molecular weight excluding hydrogens is 184 g/mol. The number of carbonyl (C=O) groups excluding carboxylic acids is 1. The third-order valence-electron chi connectivity index (χ3n) is 1.41. The smallest absolute Gasteiger partial charge is 0.354 e. The van der Waals surface area contributed by atoms with Crippen molar-refractivity contribution >= 4 is 18.0 Å². The van der Waals surface area contributed by atoms with Crippen molar-refractivity contribution in [3.8, 4) is 0 Å². The summed E-state index contributed by atoms with van der Waals surface area (Å²) in [6.07, 6.45) is 2.47. The number of nitrogens with zero attached hydrogens (tertiary/aromatic N) is 1. The molecule has 5 nitrogen and oxygen atoms in total. The Morgan fingerprint density at radius 1 is 1.43 bits per heavy atom. The molecule has 0 aromatic carbocycles. The molecule has 0 aliphatic heterocycles. The van der Waals surface area contributed by atoms with E-state index in [1.165, 1.54) is 18.2 Å². The van der Waals surface area contributed by atoms with Gasteiger partial charge in [-0.15, -0.1) is 0 Å². The summed E-state index contributed by atoms with van der Waals surface area (Å²) in [6.45, 7) is 0. The van der Waals surface area contributed by atoms with Crippen molar-refractivity contribution in [1.29, 1.82) is 0 Å². The van der Waals surface area contributed by atoms with Crippen molar-refractivity contribution in [1.82, 2.24) is 4.98 Å². The van der Waals surface area contributed by atoms with Crippen molar-refractivity contribution < 1.29 is 14.7 Å². The highest BCUT2D eigenvalue weighted by Crippen LogP contribution is 2.01. The van der Waals surface area contributed by atoms with Gasteiger partial charge in [0.15, 0.2) is 0 Å². The van der Waals surface area contributed by atoms with E-state index in [0.717, 1.165) is 6.08 Å². The molecule has 0 saturated carbocycles. The Morgan fingerprint density at radius 2 is 2.14 bits per heavy atom. The van der Waals surface area contributed by atoms with Crippen molar-refractivity contribution in [3.63, 3.8) is 0 Å². The molecule has 5 heteroatoms.